The Morgan fingerprint density at radius 2 is 2.04 bits per heavy atom. The number of para-hydroxylation sites is 1. The number of unbranched alkanes of at least 4 members (excludes halogenated alkanes) is 1. The Morgan fingerprint density at radius 3 is 2.71 bits per heavy atom. The maximum atomic E-state index is 12.1. The van der Waals surface area contributed by atoms with Crippen molar-refractivity contribution in [2.75, 3.05) is 5.32 Å². The van der Waals surface area contributed by atoms with E-state index in [1.54, 1.807) is 18.2 Å². The van der Waals surface area contributed by atoms with Crippen LogP contribution in [-0.2, 0) is 17.8 Å². The van der Waals surface area contributed by atoms with Crippen molar-refractivity contribution < 1.29 is 9.59 Å². The first-order valence-electron chi connectivity index (χ1n) is 7.75. The molecule has 7 nitrogen and oxygen atoms in total. The molecule has 0 fully saturated rings. The number of primary amides is 1. The lowest BCUT2D eigenvalue weighted by Gasteiger charge is -2.10. The van der Waals surface area contributed by atoms with Crippen LogP contribution in [0.15, 0.2) is 41.5 Å². The summed E-state index contributed by atoms with van der Waals surface area (Å²) >= 11 is 0. The first-order chi connectivity index (χ1) is 11.5. The molecule has 2 amide bonds. The lowest BCUT2D eigenvalue weighted by molar-refractivity contribution is -0.116. The van der Waals surface area contributed by atoms with Crippen LogP contribution in [0, 0.1) is 0 Å². The lowest BCUT2D eigenvalue weighted by atomic mass is 10.1. The first-order valence-corrected chi connectivity index (χ1v) is 7.75. The molecule has 0 aliphatic heterocycles. The Morgan fingerprint density at radius 1 is 1.29 bits per heavy atom. The summed E-state index contributed by atoms with van der Waals surface area (Å²) in [6.45, 7) is 1.88. The summed E-state index contributed by atoms with van der Waals surface area (Å²) in [6.07, 6.45) is 4.09. The largest absolute Gasteiger partial charge is 0.366 e. The van der Waals surface area contributed by atoms with Gasteiger partial charge in [0.2, 0.25) is 5.91 Å². The monoisotopic (exact) mass is 328 g/mol. The van der Waals surface area contributed by atoms with Crippen molar-refractivity contribution in [3.05, 3.63) is 58.3 Å². The Kier molecular flexibility index (Phi) is 5.83. The second-order valence-electron chi connectivity index (χ2n) is 5.41. The number of aromatic nitrogens is 2. The molecule has 1 aromatic carbocycles. The second kappa shape index (κ2) is 8.05. The van der Waals surface area contributed by atoms with Gasteiger partial charge in [0, 0.05) is 11.8 Å². The van der Waals surface area contributed by atoms with Gasteiger partial charge in [-0.15, -0.1) is 0 Å². The number of carbonyl (C=O) groups excluding carboxylic acids is 2. The number of carbonyl (C=O) groups is 2. The highest BCUT2D eigenvalue weighted by Gasteiger charge is 2.11. The first kappa shape index (κ1) is 17.4. The maximum Gasteiger partial charge on any atom is 0.253 e. The summed E-state index contributed by atoms with van der Waals surface area (Å²) in [6, 6.07) is 7.87. The van der Waals surface area contributed by atoms with Crippen LogP contribution in [0.2, 0.25) is 0 Å². The second-order valence-corrected chi connectivity index (χ2v) is 5.41. The van der Waals surface area contributed by atoms with Gasteiger partial charge in [0.15, 0.2) is 0 Å². The number of benzene rings is 1. The minimum absolute atomic E-state index is 0.188. The molecule has 24 heavy (non-hydrogen) atoms. The molecular formula is C17H20N4O3. The lowest BCUT2D eigenvalue weighted by Crippen LogP contribution is -2.28. The topological polar surface area (TPSA) is 107 Å². The van der Waals surface area contributed by atoms with E-state index in [1.807, 2.05) is 0 Å². The zero-order chi connectivity index (χ0) is 17.5. The van der Waals surface area contributed by atoms with Crippen LogP contribution in [0.4, 0.5) is 5.69 Å². The Labute approximate surface area is 139 Å². The number of hydrogen-bond acceptors (Lipinski definition) is 4. The molecule has 2 rings (SSSR count). The van der Waals surface area contributed by atoms with Gasteiger partial charge < -0.3 is 11.1 Å². The number of nitrogens with two attached hydrogens (primary N) is 1. The molecule has 0 unspecified atom stereocenters. The van der Waals surface area contributed by atoms with Crippen LogP contribution in [0.3, 0.4) is 0 Å². The van der Waals surface area contributed by atoms with Crippen LogP contribution in [-0.4, -0.2) is 21.4 Å². The zero-order valence-corrected chi connectivity index (χ0v) is 13.5. The summed E-state index contributed by atoms with van der Waals surface area (Å²) in [5.41, 5.74) is 6.23. The normalized spacial score (nSPS) is 10.4. The van der Waals surface area contributed by atoms with E-state index < -0.39 is 11.8 Å². The predicted octanol–water partition coefficient (Wildman–Crippen LogP) is 1.32. The van der Waals surface area contributed by atoms with Gasteiger partial charge >= 0.3 is 0 Å². The summed E-state index contributed by atoms with van der Waals surface area (Å²) in [5, 5.41) is 2.59. The maximum absolute atomic E-state index is 12.1. The van der Waals surface area contributed by atoms with Gasteiger partial charge in [0.1, 0.15) is 6.54 Å². The molecule has 126 valence electrons. The van der Waals surface area contributed by atoms with Crippen LogP contribution in [0.1, 0.15) is 35.8 Å². The molecule has 0 saturated heterocycles. The smallest absolute Gasteiger partial charge is 0.253 e. The third-order valence-electron chi connectivity index (χ3n) is 3.50. The third-order valence-corrected chi connectivity index (χ3v) is 3.50. The van der Waals surface area contributed by atoms with E-state index in [0.29, 0.717) is 5.69 Å². The van der Waals surface area contributed by atoms with Crippen molar-refractivity contribution in [1.29, 1.82) is 0 Å². The zero-order valence-electron chi connectivity index (χ0n) is 13.5. The third kappa shape index (κ3) is 4.52. The van der Waals surface area contributed by atoms with Crippen molar-refractivity contribution in [3.63, 3.8) is 0 Å². The van der Waals surface area contributed by atoms with Gasteiger partial charge in [0.25, 0.3) is 11.5 Å². The highest BCUT2D eigenvalue weighted by molar-refractivity contribution is 6.02. The number of nitrogens with zero attached hydrogens (tertiary/aromatic N) is 2. The predicted molar refractivity (Wildman–Crippen MR) is 90.7 cm³/mol. The van der Waals surface area contributed by atoms with Gasteiger partial charge in [-0.1, -0.05) is 25.5 Å². The van der Waals surface area contributed by atoms with Crippen LogP contribution < -0.4 is 16.6 Å². The van der Waals surface area contributed by atoms with E-state index in [9.17, 15) is 14.4 Å². The molecule has 0 spiro atoms. The number of anilines is 1. The molecule has 7 heteroatoms. The van der Waals surface area contributed by atoms with Crippen molar-refractivity contribution >= 4 is 17.5 Å². The highest BCUT2D eigenvalue weighted by atomic mass is 16.2. The summed E-state index contributed by atoms with van der Waals surface area (Å²) in [7, 11) is 0. The number of aryl methyl sites for hydroxylation is 1. The SMILES string of the molecule is CCCCc1cc(=O)n(CC(=O)Nc2ccccc2C(N)=O)cn1. The van der Waals surface area contributed by atoms with E-state index >= 15 is 0 Å². The van der Waals surface area contributed by atoms with E-state index in [-0.39, 0.29) is 17.7 Å². The van der Waals surface area contributed by atoms with Crippen LogP contribution >= 0.6 is 0 Å². The van der Waals surface area contributed by atoms with Gasteiger partial charge in [0.05, 0.1) is 17.6 Å². The molecular weight excluding hydrogens is 308 g/mol. The van der Waals surface area contributed by atoms with Crippen molar-refractivity contribution in [2.45, 2.75) is 32.7 Å². The average Bonchev–Trinajstić information content (AvgIpc) is 2.55. The molecule has 0 bridgehead atoms. The number of amides is 2. The van der Waals surface area contributed by atoms with E-state index in [0.717, 1.165) is 25.0 Å². The van der Waals surface area contributed by atoms with Crippen LogP contribution in [0.5, 0.6) is 0 Å². The van der Waals surface area contributed by atoms with E-state index in [1.165, 1.54) is 23.0 Å². The fourth-order valence-electron chi connectivity index (χ4n) is 2.23. The molecule has 0 saturated carbocycles. The molecule has 1 heterocycles. The summed E-state index contributed by atoms with van der Waals surface area (Å²) < 4.78 is 1.22. The molecule has 0 aliphatic carbocycles. The molecule has 2 aromatic rings. The minimum Gasteiger partial charge on any atom is -0.366 e. The van der Waals surface area contributed by atoms with Gasteiger partial charge in [-0.3, -0.25) is 19.0 Å². The van der Waals surface area contributed by atoms with Gasteiger partial charge in [-0.05, 0) is 25.0 Å². The fraction of sp³-hybridized carbons (Fsp3) is 0.294. The molecule has 0 radical (unpaired) electrons. The minimum atomic E-state index is -0.634. The average molecular weight is 328 g/mol. The molecule has 0 atom stereocenters. The molecule has 1 aromatic heterocycles. The van der Waals surface area contributed by atoms with Gasteiger partial charge in [-0.25, -0.2) is 4.98 Å². The quantitative estimate of drug-likeness (QED) is 0.799. The fourth-order valence-corrected chi connectivity index (χ4v) is 2.23. The number of hydrogen-bond donors (Lipinski definition) is 2. The van der Waals surface area contributed by atoms with Crippen molar-refractivity contribution in [2.24, 2.45) is 5.73 Å². The van der Waals surface area contributed by atoms with Gasteiger partial charge in [-0.2, -0.15) is 0 Å². The highest BCUT2D eigenvalue weighted by Crippen LogP contribution is 2.14. The summed E-state index contributed by atoms with van der Waals surface area (Å²) in [4.78, 5) is 39.7. The summed E-state index contributed by atoms with van der Waals surface area (Å²) in [5.74, 6) is -1.07. The Balaban J connectivity index is 2.08. The van der Waals surface area contributed by atoms with Crippen molar-refractivity contribution in [3.8, 4) is 0 Å². The molecule has 3 N–H and O–H groups in total. The standard InChI is InChI=1S/C17H20N4O3/c1-2-3-6-12-9-16(23)21(11-19-12)10-15(22)20-14-8-5-4-7-13(14)17(18)24/h4-5,7-9,11H,2-3,6,10H2,1H3,(H2,18,24)(H,20,22). The van der Waals surface area contributed by atoms with Crippen molar-refractivity contribution in [1.82, 2.24) is 9.55 Å². The Hall–Kier alpha value is -2.96. The van der Waals surface area contributed by atoms with Crippen LogP contribution in [0.25, 0.3) is 0 Å². The number of rotatable bonds is 7. The van der Waals surface area contributed by atoms with E-state index in [4.69, 9.17) is 5.73 Å². The van der Waals surface area contributed by atoms with E-state index in [2.05, 4.69) is 17.2 Å². The number of nitrogens with one attached hydrogen (secondary N) is 1. The Bertz CT molecular complexity index is 798. The molecule has 0 aliphatic rings.